The Labute approximate surface area is 52.5 Å². The van der Waals surface area contributed by atoms with Crippen LogP contribution in [0, 0.1) is 16.7 Å². The SMILES string of the molecule is CC(=N)C(C=N)C(=O)O. The zero-order valence-electron chi connectivity index (χ0n) is 5.01. The Morgan fingerprint density at radius 2 is 2.22 bits per heavy atom. The van der Waals surface area contributed by atoms with Crippen LogP contribution in [0.1, 0.15) is 6.92 Å². The van der Waals surface area contributed by atoms with Gasteiger partial charge in [0, 0.05) is 11.9 Å². The van der Waals surface area contributed by atoms with Gasteiger partial charge >= 0.3 is 5.97 Å². The molecule has 0 aliphatic heterocycles. The largest absolute Gasteiger partial charge is 0.480 e. The van der Waals surface area contributed by atoms with E-state index in [0.29, 0.717) is 0 Å². The Morgan fingerprint density at radius 3 is 2.22 bits per heavy atom. The minimum atomic E-state index is -1.14. The molecule has 0 aliphatic rings. The monoisotopic (exact) mass is 128 g/mol. The molecule has 9 heavy (non-hydrogen) atoms. The van der Waals surface area contributed by atoms with Gasteiger partial charge in [-0.05, 0) is 6.92 Å². The summed E-state index contributed by atoms with van der Waals surface area (Å²) in [5, 5.41) is 21.7. The van der Waals surface area contributed by atoms with Gasteiger partial charge in [0.25, 0.3) is 0 Å². The van der Waals surface area contributed by atoms with Gasteiger partial charge in [0.15, 0.2) is 0 Å². The molecule has 4 nitrogen and oxygen atoms in total. The summed E-state index contributed by atoms with van der Waals surface area (Å²) in [6.07, 6.45) is 0.741. The second-order valence-electron chi connectivity index (χ2n) is 1.67. The third-order valence-electron chi connectivity index (χ3n) is 0.899. The van der Waals surface area contributed by atoms with Gasteiger partial charge < -0.3 is 15.9 Å². The molecule has 0 aromatic carbocycles. The Balaban J connectivity index is 4.16. The fourth-order valence-corrected chi connectivity index (χ4v) is 0.382. The Hall–Kier alpha value is -1.19. The molecule has 4 heteroatoms. The predicted molar refractivity (Wildman–Crippen MR) is 33.3 cm³/mol. The van der Waals surface area contributed by atoms with Crippen LogP contribution in [0.25, 0.3) is 0 Å². The van der Waals surface area contributed by atoms with Gasteiger partial charge in [0.1, 0.15) is 5.92 Å². The summed E-state index contributed by atoms with van der Waals surface area (Å²) < 4.78 is 0. The molecule has 0 saturated heterocycles. The van der Waals surface area contributed by atoms with E-state index in [1.165, 1.54) is 6.92 Å². The summed E-state index contributed by atoms with van der Waals surface area (Å²) in [6, 6.07) is 0. The van der Waals surface area contributed by atoms with Gasteiger partial charge in [-0.15, -0.1) is 0 Å². The second-order valence-corrected chi connectivity index (χ2v) is 1.67. The molecule has 1 unspecified atom stereocenters. The lowest BCUT2D eigenvalue weighted by Crippen LogP contribution is -2.21. The van der Waals surface area contributed by atoms with Crippen LogP contribution in [-0.4, -0.2) is 23.0 Å². The second kappa shape index (κ2) is 2.96. The first-order valence-corrected chi connectivity index (χ1v) is 2.38. The zero-order valence-corrected chi connectivity index (χ0v) is 5.01. The average molecular weight is 128 g/mol. The molecule has 0 amide bonds. The number of hydrogen-bond donors (Lipinski definition) is 3. The smallest absolute Gasteiger partial charge is 0.317 e. The molecule has 0 fully saturated rings. The van der Waals surface area contributed by atoms with Crippen LogP contribution < -0.4 is 0 Å². The maximum Gasteiger partial charge on any atom is 0.317 e. The fraction of sp³-hybridized carbons (Fsp3) is 0.400. The zero-order chi connectivity index (χ0) is 7.44. The summed E-state index contributed by atoms with van der Waals surface area (Å²) in [5.74, 6) is -2.18. The number of carbonyl (C=O) groups is 1. The van der Waals surface area contributed by atoms with Crippen molar-refractivity contribution in [1.29, 1.82) is 10.8 Å². The van der Waals surface area contributed by atoms with E-state index in [-0.39, 0.29) is 5.71 Å². The van der Waals surface area contributed by atoms with Crippen molar-refractivity contribution < 1.29 is 9.90 Å². The van der Waals surface area contributed by atoms with Crippen molar-refractivity contribution in [3.63, 3.8) is 0 Å². The first kappa shape index (κ1) is 7.81. The molecule has 0 rings (SSSR count). The summed E-state index contributed by atoms with van der Waals surface area (Å²) >= 11 is 0. The predicted octanol–water partition coefficient (Wildman–Crippen LogP) is 0.376. The molecule has 0 heterocycles. The van der Waals surface area contributed by atoms with Crippen molar-refractivity contribution in [2.24, 2.45) is 5.92 Å². The number of rotatable bonds is 3. The van der Waals surface area contributed by atoms with Gasteiger partial charge in [-0.25, -0.2) is 0 Å². The molecular formula is C5H8N2O2. The highest BCUT2D eigenvalue weighted by atomic mass is 16.4. The number of carboxylic acids is 1. The van der Waals surface area contributed by atoms with E-state index in [1.54, 1.807) is 0 Å². The van der Waals surface area contributed by atoms with Crippen LogP contribution in [0.4, 0.5) is 0 Å². The molecule has 0 bridgehead atoms. The first-order chi connectivity index (χ1) is 4.09. The van der Waals surface area contributed by atoms with Crippen LogP contribution in [0.15, 0.2) is 0 Å². The standard InChI is InChI=1S/C5H8N2O2/c1-3(7)4(2-6)5(8)9/h2,4,6-7H,1H3,(H,8,9). The lowest BCUT2D eigenvalue weighted by molar-refractivity contribution is -0.137. The molecule has 1 atom stereocenters. The lowest BCUT2D eigenvalue weighted by atomic mass is 10.1. The van der Waals surface area contributed by atoms with E-state index in [0.717, 1.165) is 6.21 Å². The average Bonchev–Trinajstić information content (AvgIpc) is 1.64. The van der Waals surface area contributed by atoms with E-state index in [4.69, 9.17) is 15.9 Å². The molecule has 50 valence electrons. The minimum absolute atomic E-state index is 0.0162. The molecule has 0 aromatic heterocycles. The molecule has 0 saturated carbocycles. The summed E-state index contributed by atoms with van der Waals surface area (Å²) in [6.45, 7) is 1.36. The number of carboxylic acid groups (broad SMARTS) is 1. The van der Waals surface area contributed by atoms with Crippen molar-refractivity contribution in [3.8, 4) is 0 Å². The third kappa shape index (κ3) is 2.03. The maximum atomic E-state index is 10.1. The van der Waals surface area contributed by atoms with E-state index < -0.39 is 11.9 Å². The molecule has 0 aromatic rings. The number of aliphatic carboxylic acids is 1. The van der Waals surface area contributed by atoms with Crippen LogP contribution in [0.3, 0.4) is 0 Å². The van der Waals surface area contributed by atoms with E-state index in [2.05, 4.69) is 0 Å². The Kier molecular flexibility index (Phi) is 2.57. The summed E-state index contributed by atoms with van der Waals surface area (Å²) in [7, 11) is 0. The normalized spacial score (nSPS) is 12.1. The highest BCUT2D eigenvalue weighted by molar-refractivity contribution is 6.10. The van der Waals surface area contributed by atoms with Crippen molar-refractivity contribution >= 4 is 17.9 Å². The fourth-order valence-electron chi connectivity index (χ4n) is 0.382. The molecule has 0 aliphatic carbocycles. The quantitative estimate of drug-likeness (QED) is 0.480. The Bertz CT molecular complexity index is 139. The highest BCUT2D eigenvalue weighted by Crippen LogP contribution is 1.92. The van der Waals surface area contributed by atoms with Gasteiger partial charge in [-0.2, -0.15) is 0 Å². The topological polar surface area (TPSA) is 85.0 Å². The van der Waals surface area contributed by atoms with Gasteiger partial charge in [0.2, 0.25) is 0 Å². The number of hydrogen-bond acceptors (Lipinski definition) is 3. The molecule has 0 radical (unpaired) electrons. The molecular weight excluding hydrogens is 120 g/mol. The minimum Gasteiger partial charge on any atom is -0.480 e. The van der Waals surface area contributed by atoms with Gasteiger partial charge in [-0.1, -0.05) is 0 Å². The third-order valence-corrected chi connectivity index (χ3v) is 0.899. The van der Waals surface area contributed by atoms with Crippen molar-refractivity contribution in [2.75, 3.05) is 0 Å². The maximum absolute atomic E-state index is 10.1. The van der Waals surface area contributed by atoms with Crippen molar-refractivity contribution in [1.82, 2.24) is 0 Å². The molecule has 0 spiro atoms. The van der Waals surface area contributed by atoms with Crippen LogP contribution in [0.2, 0.25) is 0 Å². The van der Waals surface area contributed by atoms with E-state index >= 15 is 0 Å². The van der Waals surface area contributed by atoms with Crippen LogP contribution in [-0.2, 0) is 4.79 Å². The summed E-state index contributed by atoms with van der Waals surface area (Å²) in [4.78, 5) is 10.1. The van der Waals surface area contributed by atoms with Crippen molar-refractivity contribution in [2.45, 2.75) is 6.92 Å². The van der Waals surface area contributed by atoms with Crippen LogP contribution in [0.5, 0.6) is 0 Å². The van der Waals surface area contributed by atoms with Gasteiger partial charge in [-0.3, -0.25) is 4.79 Å². The first-order valence-electron chi connectivity index (χ1n) is 2.38. The Morgan fingerprint density at radius 1 is 1.78 bits per heavy atom. The van der Waals surface area contributed by atoms with E-state index in [9.17, 15) is 4.79 Å². The van der Waals surface area contributed by atoms with Gasteiger partial charge in [0.05, 0.1) is 0 Å². The number of nitrogens with one attached hydrogen (secondary N) is 2. The highest BCUT2D eigenvalue weighted by Gasteiger charge is 2.15. The summed E-state index contributed by atoms with van der Waals surface area (Å²) in [5.41, 5.74) is -0.0162. The lowest BCUT2D eigenvalue weighted by Gasteiger charge is -2.00. The van der Waals surface area contributed by atoms with Crippen LogP contribution >= 0.6 is 0 Å². The molecule has 3 N–H and O–H groups in total. The van der Waals surface area contributed by atoms with Crippen molar-refractivity contribution in [3.05, 3.63) is 0 Å². The van der Waals surface area contributed by atoms with E-state index in [1.807, 2.05) is 0 Å².